The van der Waals surface area contributed by atoms with Crippen molar-refractivity contribution >= 4 is 26.0 Å². The predicted octanol–water partition coefficient (Wildman–Crippen LogP) is 2.35. The molecule has 1 aliphatic rings. The lowest BCUT2D eigenvalue weighted by molar-refractivity contribution is 0.187. The average Bonchev–Trinajstić information content (AvgIpc) is 2.41. The molecule has 1 fully saturated rings. The number of hydrogen-bond acceptors (Lipinski definition) is 3. The summed E-state index contributed by atoms with van der Waals surface area (Å²) in [4.78, 5) is 2.12. The number of hydrogen-bond donors (Lipinski definition) is 1. The molecule has 0 radical (unpaired) electrons. The Bertz CT molecular complexity index is 580. The quantitative estimate of drug-likeness (QED) is 0.891. The van der Waals surface area contributed by atoms with Crippen LogP contribution in [0.25, 0.3) is 0 Å². The molecule has 112 valence electrons. The van der Waals surface area contributed by atoms with Gasteiger partial charge in [-0.05, 0) is 60.6 Å². The van der Waals surface area contributed by atoms with E-state index >= 15 is 0 Å². The number of likely N-dealkylation sites (tertiary alicyclic amines) is 1. The van der Waals surface area contributed by atoms with Crippen LogP contribution in [0.3, 0.4) is 0 Å². The van der Waals surface area contributed by atoms with E-state index in [4.69, 9.17) is 0 Å². The zero-order valence-corrected chi connectivity index (χ0v) is 13.7. The van der Waals surface area contributed by atoms with Crippen LogP contribution in [0.1, 0.15) is 19.3 Å². The van der Waals surface area contributed by atoms with Gasteiger partial charge in [-0.1, -0.05) is 6.42 Å². The van der Waals surface area contributed by atoms with Crippen LogP contribution in [0, 0.1) is 5.82 Å². The summed E-state index contributed by atoms with van der Waals surface area (Å²) >= 11 is 3.01. The van der Waals surface area contributed by atoms with E-state index in [1.165, 1.54) is 12.1 Å². The third kappa shape index (κ3) is 3.78. The van der Waals surface area contributed by atoms with Gasteiger partial charge >= 0.3 is 0 Å². The minimum atomic E-state index is -3.66. The third-order valence-corrected chi connectivity index (χ3v) is 5.70. The number of rotatable bonds is 4. The number of nitrogens with one attached hydrogen (secondary N) is 1. The molecule has 1 aromatic rings. The molecule has 1 saturated heterocycles. The van der Waals surface area contributed by atoms with Crippen molar-refractivity contribution in [3.63, 3.8) is 0 Å². The molecule has 2 rings (SSSR count). The molecule has 0 spiro atoms. The largest absolute Gasteiger partial charge is 0.302 e. The van der Waals surface area contributed by atoms with Crippen LogP contribution >= 0.6 is 15.9 Å². The van der Waals surface area contributed by atoms with Crippen molar-refractivity contribution in [3.05, 3.63) is 28.5 Å². The molecular weight excluding hydrogens is 347 g/mol. The maximum atomic E-state index is 13.4. The van der Waals surface area contributed by atoms with Crippen molar-refractivity contribution in [3.8, 4) is 0 Å². The van der Waals surface area contributed by atoms with E-state index in [0.717, 1.165) is 31.9 Å². The number of sulfonamides is 1. The molecule has 7 heteroatoms. The highest BCUT2D eigenvalue weighted by molar-refractivity contribution is 9.10. The van der Waals surface area contributed by atoms with Gasteiger partial charge in [-0.2, -0.15) is 0 Å². The minimum Gasteiger partial charge on any atom is -0.302 e. The van der Waals surface area contributed by atoms with Crippen molar-refractivity contribution in [2.45, 2.75) is 30.2 Å². The van der Waals surface area contributed by atoms with E-state index in [2.05, 4.69) is 25.6 Å². The molecule has 1 heterocycles. The smallest absolute Gasteiger partial charge is 0.240 e. The first-order chi connectivity index (χ1) is 9.40. The molecular formula is C13H18BrFN2O2S. The van der Waals surface area contributed by atoms with Gasteiger partial charge in [0.2, 0.25) is 10.0 Å². The lowest BCUT2D eigenvalue weighted by Crippen LogP contribution is -2.44. The van der Waals surface area contributed by atoms with Crippen molar-refractivity contribution in [1.29, 1.82) is 0 Å². The van der Waals surface area contributed by atoms with Crippen molar-refractivity contribution in [2.24, 2.45) is 0 Å². The minimum absolute atomic E-state index is 0.0448. The average molecular weight is 365 g/mol. The van der Waals surface area contributed by atoms with Crippen molar-refractivity contribution < 1.29 is 12.8 Å². The Hall–Kier alpha value is -0.500. The Balaban J connectivity index is 2.05. The van der Waals surface area contributed by atoms with E-state index in [0.29, 0.717) is 6.54 Å². The monoisotopic (exact) mass is 364 g/mol. The zero-order chi connectivity index (χ0) is 14.8. The molecule has 0 aliphatic carbocycles. The van der Waals surface area contributed by atoms with Gasteiger partial charge in [-0.3, -0.25) is 0 Å². The van der Waals surface area contributed by atoms with E-state index < -0.39 is 15.8 Å². The topological polar surface area (TPSA) is 49.4 Å². The van der Waals surface area contributed by atoms with Crippen molar-refractivity contribution in [1.82, 2.24) is 9.62 Å². The summed E-state index contributed by atoms with van der Waals surface area (Å²) in [6.45, 7) is 1.34. The fraction of sp³-hybridized carbons (Fsp3) is 0.538. The molecule has 1 atom stereocenters. The normalized spacial score (nSPS) is 21.1. The van der Waals surface area contributed by atoms with Crippen LogP contribution in [0.15, 0.2) is 27.6 Å². The van der Waals surface area contributed by atoms with Gasteiger partial charge < -0.3 is 4.90 Å². The number of likely N-dealkylation sites (N-methyl/N-ethyl adjacent to an activating group) is 1. The second-order valence-corrected chi connectivity index (χ2v) is 7.68. The molecule has 20 heavy (non-hydrogen) atoms. The van der Waals surface area contributed by atoms with Gasteiger partial charge in [0.15, 0.2) is 0 Å². The Kier molecular flexibility index (Phi) is 5.17. The Morgan fingerprint density at radius 2 is 2.20 bits per heavy atom. The molecule has 1 aliphatic heterocycles. The number of piperidine rings is 1. The first-order valence-electron chi connectivity index (χ1n) is 6.55. The van der Waals surface area contributed by atoms with Crippen LogP contribution in [0.4, 0.5) is 4.39 Å². The summed E-state index contributed by atoms with van der Waals surface area (Å²) < 4.78 is 40.5. The molecule has 0 aromatic heterocycles. The lowest BCUT2D eigenvalue weighted by Gasteiger charge is -2.32. The summed E-state index contributed by atoms with van der Waals surface area (Å²) in [7, 11) is -1.66. The number of nitrogens with zero attached hydrogens (tertiary/aromatic N) is 1. The van der Waals surface area contributed by atoms with Crippen LogP contribution < -0.4 is 4.72 Å². The van der Waals surface area contributed by atoms with Gasteiger partial charge in [0.1, 0.15) is 5.82 Å². The summed E-state index contributed by atoms with van der Waals surface area (Å²) in [5.74, 6) is -0.581. The molecule has 1 aromatic carbocycles. The summed E-state index contributed by atoms with van der Waals surface area (Å²) in [5, 5.41) is 0. The SMILES string of the molecule is CN1CCCCC1CNS(=O)(=O)c1ccc(Br)c(F)c1. The predicted molar refractivity (Wildman–Crippen MR) is 79.6 cm³/mol. The lowest BCUT2D eigenvalue weighted by atomic mass is 10.0. The molecule has 1 N–H and O–H groups in total. The maximum Gasteiger partial charge on any atom is 0.240 e. The summed E-state index contributed by atoms with van der Waals surface area (Å²) in [6.07, 6.45) is 3.25. The van der Waals surface area contributed by atoms with Gasteiger partial charge in [0.25, 0.3) is 0 Å². The molecule has 0 amide bonds. The number of benzene rings is 1. The highest BCUT2D eigenvalue weighted by atomic mass is 79.9. The first kappa shape index (κ1) is 15.9. The van der Waals surface area contributed by atoms with E-state index in [9.17, 15) is 12.8 Å². The summed E-state index contributed by atoms with van der Waals surface area (Å²) in [5.41, 5.74) is 0. The molecule has 0 saturated carbocycles. The second-order valence-electron chi connectivity index (χ2n) is 5.06. The van der Waals surface area contributed by atoms with E-state index in [-0.39, 0.29) is 15.4 Å². The van der Waals surface area contributed by atoms with E-state index in [1.807, 2.05) is 7.05 Å². The fourth-order valence-corrected chi connectivity index (χ4v) is 3.67. The Morgan fingerprint density at radius 1 is 1.45 bits per heavy atom. The highest BCUT2D eigenvalue weighted by Crippen LogP contribution is 2.20. The first-order valence-corrected chi connectivity index (χ1v) is 8.83. The highest BCUT2D eigenvalue weighted by Gasteiger charge is 2.22. The molecule has 1 unspecified atom stereocenters. The van der Waals surface area contributed by atoms with Crippen LogP contribution in [0.2, 0.25) is 0 Å². The maximum absolute atomic E-state index is 13.4. The second kappa shape index (κ2) is 6.51. The van der Waals surface area contributed by atoms with Gasteiger partial charge in [0.05, 0.1) is 9.37 Å². The van der Waals surface area contributed by atoms with Gasteiger partial charge in [0, 0.05) is 12.6 Å². The Labute approximate surface area is 127 Å². The van der Waals surface area contributed by atoms with Crippen LogP contribution in [-0.4, -0.2) is 39.5 Å². The third-order valence-electron chi connectivity index (χ3n) is 3.63. The van der Waals surface area contributed by atoms with E-state index in [1.54, 1.807) is 0 Å². The van der Waals surface area contributed by atoms with Crippen molar-refractivity contribution in [2.75, 3.05) is 20.1 Å². The van der Waals surface area contributed by atoms with Crippen LogP contribution in [0.5, 0.6) is 0 Å². The fourth-order valence-electron chi connectivity index (χ4n) is 2.34. The molecule has 4 nitrogen and oxygen atoms in total. The Morgan fingerprint density at radius 3 is 2.85 bits per heavy atom. The van der Waals surface area contributed by atoms with Crippen LogP contribution in [-0.2, 0) is 10.0 Å². The van der Waals surface area contributed by atoms with Gasteiger partial charge in [-0.15, -0.1) is 0 Å². The molecule has 0 bridgehead atoms. The van der Waals surface area contributed by atoms with Gasteiger partial charge in [-0.25, -0.2) is 17.5 Å². The standard InChI is InChI=1S/C13H18BrFN2O2S/c1-17-7-3-2-4-10(17)9-16-20(18,19)11-5-6-12(14)13(15)8-11/h5-6,8,10,16H,2-4,7,9H2,1H3. The number of halogens is 2. The summed E-state index contributed by atoms with van der Waals surface area (Å²) in [6, 6.07) is 4.02. The zero-order valence-electron chi connectivity index (χ0n) is 11.3.